The Kier molecular flexibility index (Phi) is 4.46. The molecule has 3 N–H and O–H groups in total. The maximum atomic E-state index is 12.4. The first-order valence-electron chi connectivity index (χ1n) is 8.05. The smallest absolute Gasteiger partial charge is 0.276 e. The molecule has 0 saturated heterocycles. The minimum Gasteiger partial charge on any atom is -0.369 e. The van der Waals surface area contributed by atoms with Crippen molar-refractivity contribution in [3.05, 3.63) is 52.5 Å². The molecule has 0 aliphatic carbocycles. The molecule has 9 heteroatoms. The number of nitrogens with one attached hydrogen (secondary N) is 1. The largest absolute Gasteiger partial charge is 0.369 e. The van der Waals surface area contributed by atoms with Crippen molar-refractivity contribution in [2.75, 3.05) is 5.32 Å². The number of carbonyl (C=O) groups is 2. The highest BCUT2D eigenvalue weighted by atomic mass is 32.1. The van der Waals surface area contributed by atoms with Crippen LogP contribution in [0.1, 0.15) is 16.2 Å². The van der Waals surface area contributed by atoms with Gasteiger partial charge in [0.15, 0.2) is 5.13 Å². The number of anilines is 1. The number of aromatic nitrogens is 3. The van der Waals surface area contributed by atoms with E-state index in [0.29, 0.717) is 16.5 Å². The number of aryl methyl sites for hydroxylation is 1. The van der Waals surface area contributed by atoms with E-state index in [4.69, 9.17) is 5.73 Å². The number of hydrogen-bond acceptors (Lipinski definition) is 6. The molecule has 0 aliphatic rings. The molecule has 3 heterocycles. The van der Waals surface area contributed by atoms with Crippen LogP contribution in [0.15, 0.2) is 41.1 Å². The van der Waals surface area contributed by atoms with E-state index in [2.05, 4.69) is 25.9 Å². The highest BCUT2D eigenvalue weighted by molar-refractivity contribution is 7.14. The van der Waals surface area contributed by atoms with E-state index >= 15 is 0 Å². The lowest BCUT2D eigenvalue weighted by Gasteiger charge is -2.00. The Labute approximate surface area is 162 Å². The highest BCUT2D eigenvalue weighted by Gasteiger charge is 2.16. The summed E-state index contributed by atoms with van der Waals surface area (Å²) in [7, 11) is 1.98. The van der Waals surface area contributed by atoms with Gasteiger partial charge in [0, 0.05) is 28.7 Å². The van der Waals surface area contributed by atoms with Crippen LogP contribution >= 0.6 is 22.7 Å². The fourth-order valence-corrected chi connectivity index (χ4v) is 4.33. The Morgan fingerprint density at radius 2 is 2.00 bits per heavy atom. The molecular weight excluding hydrogens is 382 g/mol. The van der Waals surface area contributed by atoms with Gasteiger partial charge in [0.25, 0.3) is 5.91 Å². The molecule has 0 bridgehead atoms. The molecule has 0 aliphatic heterocycles. The number of rotatable bonds is 5. The number of nitrogens with zero attached hydrogens (tertiary/aromatic N) is 3. The number of primary amides is 1. The Morgan fingerprint density at radius 1 is 1.19 bits per heavy atom. The number of carbonyl (C=O) groups excluding carboxylic acids is 2. The molecule has 0 atom stereocenters. The number of fused-ring (bicyclic) bond motifs is 1. The lowest BCUT2D eigenvalue weighted by Crippen LogP contribution is -2.14. The standard InChI is InChI=1S/C18H15N5O2S2/c1-23-13-5-3-2-4-10(13)6-14(23)17-21-12(9-26-17)16(25)22-18-20-11(8-27-18)7-15(19)24/h2-6,8-9H,7H2,1H3,(H2,19,24)(H,20,22,25). The van der Waals surface area contributed by atoms with E-state index in [9.17, 15) is 9.59 Å². The van der Waals surface area contributed by atoms with Crippen molar-refractivity contribution in [3.63, 3.8) is 0 Å². The maximum Gasteiger partial charge on any atom is 0.276 e. The minimum absolute atomic E-state index is 0.0499. The summed E-state index contributed by atoms with van der Waals surface area (Å²) in [5.41, 5.74) is 8.08. The number of nitrogens with two attached hydrogens (primary N) is 1. The number of benzene rings is 1. The van der Waals surface area contributed by atoms with E-state index in [1.807, 2.05) is 31.3 Å². The molecule has 136 valence electrons. The average molecular weight is 397 g/mol. The molecule has 4 rings (SSSR count). The van der Waals surface area contributed by atoms with Gasteiger partial charge >= 0.3 is 0 Å². The van der Waals surface area contributed by atoms with Gasteiger partial charge in [-0.1, -0.05) is 18.2 Å². The summed E-state index contributed by atoms with van der Waals surface area (Å²) < 4.78 is 2.06. The molecule has 4 aromatic rings. The average Bonchev–Trinajstić information content (AvgIpc) is 3.34. The van der Waals surface area contributed by atoms with Crippen LogP contribution in [0.5, 0.6) is 0 Å². The molecule has 27 heavy (non-hydrogen) atoms. The SMILES string of the molecule is Cn1c(-c2nc(C(=O)Nc3nc(CC(N)=O)cs3)cs2)cc2ccccc21. The van der Waals surface area contributed by atoms with Gasteiger partial charge in [0.2, 0.25) is 5.91 Å². The van der Waals surface area contributed by atoms with Crippen LogP contribution < -0.4 is 11.1 Å². The number of amides is 2. The van der Waals surface area contributed by atoms with Crippen molar-refractivity contribution >= 4 is 50.5 Å². The first-order valence-corrected chi connectivity index (χ1v) is 9.81. The molecule has 3 aromatic heterocycles. The van der Waals surface area contributed by atoms with E-state index in [-0.39, 0.29) is 12.3 Å². The summed E-state index contributed by atoms with van der Waals surface area (Å²) in [6.45, 7) is 0. The second-order valence-electron chi connectivity index (χ2n) is 5.93. The quantitative estimate of drug-likeness (QED) is 0.540. The predicted molar refractivity (Wildman–Crippen MR) is 107 cm³/mol. The molecule has 0 saturated carbocycles. The van der Waals surface area contributed by atoms with Gasteiger partial charge in [-0.3, -0.25) is 14.9 Å². The lowest BCUT2D eigenvalue weighted by molar-refractivity contribution is -0.117. The first kappa shape index (κ1) is 17.4. The molecular formula is C18H15N5O2S2. The van der Waals surface area contributed by atoms with Crippen molar-refractivity contribution in [1.82, 2.24) is 14.5 Å². The fourth-order valence-electron chi connectivity index (χ4n) is 2.78. The molecule has 1 aromatic carbocycles. The molecule has 0 radical (unpaired) electrons. The van der Waals surface area contributed by atoms with Crippen molar-refractivity contribution in [3.8, 4) is 10.7 Å². The summed E-state index contributed by atoms with van der Waals surface area (Å²) in [6, 6.07) is 10.1. The van der Waals surface area contributed by atoms with Crippen LogP contribution in [0, 0.1) is 0 Å². The van der Waals surface area contributed by atoms with Crippen molar-refractivity contribution in [1.29, 1.82) is 0 Å². The summed E-state index contributed by atoms with van der Waals surface area (Å²) >= 11 is 2.66. The van der Waals surface area contributed by atoms with Gasteiger partial charge in [0.1, 0.15) is 10.7 Å². The second-order valence-corrected chi connectivity index (χ2v) is 7.64. The van der Waals surface area contributed by atoms with Gasteiger partial charge in [-0.15, -0.1) is 22.7 Å². The molecule has 0 unspecified atom stereocenters. The molecule has 0 fully saturated rings. The number of thiazole rings is 2. The number of para-hydroxylation sites is 1. The minimum atomic E-state index is -0.461. The summed E-state index contributed by atoms with van der Waals surface area (Å²) in [6.07, 6.45) is 0.0499. The number of hydrogen-bond donors (Lipinski definition) is 2. The van der Waals surface area contributed by atoms with E-state index in [0.717, 1.165) is 21.6 Å². The maximum absolute atomic E-state index is 12.4. The lowest BCUT2D eigenvalue weighted by atomic mass is 10.2. The Bertz CT molecular complexity index is 1160. The zero-order chi connectivity index (χ0) is 19.0. The molecule has 7 nitrogen and oxygen atoms in total. The molecule has 0 spiro atoms. The fraction of sp³-hybridized carbons (Fsp3) is 0.111. The topological polar surface area (TPSA) is 103 Å². The predicted octanol–water partition coefficient (Wildman–Crippen LogP) is 3.04. The zero-order valence-corrected chi connectivity index (χ0v) is 15.9. The van der Waals surface area contributed by atoms with Crippen LogP contribution in [-0.4, -0.2) is 26.3 Å². The van der Waals surface area contributed by atoms with E-state index in [1.165, 1.54) is 22.7 Å². The third-order valence-electron chi connectivity index (χ3n) is 4.04. The third-order valence-corrected chi connectivity index (χ3v) is 5.71. The van der Waals surface area contributed by atoms with E-state index in [1.54, 1.807) is 10.8 Å². The van der Waals surface area contributed by atoms with Crippen LogP contribution in [-0.2, 0) is 18.3 Å². The van der Waals surface area contributed by atoms with Crippen LogP contribution in [0.25, 0.3) is 21.6 Å². The highest BCUT2D eigenvalue weighted by Crippen LogP contribution is 2.29. The van der Waals surface area contributed by atoms with Gasteiger partial charge in [-0.25, -0.2) is 9.97 Å². The Morgan fingerprint density at radius 3 is 2.78 bits per heavy atom. The zero-order valence-electron chi connectivity index (χ0n) is 14.3. The molecule has 2 amide bonds. The Hall–Kier alpha value is -3.04. The van der Waals surface area contributed by atoms with Gasteiger partial charge < -0.3 is 10.3 Å². The van der Waals surface area contributed by atoms with Crippen molar-refractivity contribution in [2.45, 2.75) is 6.42 Å². The van der Waals surface area contributed by atoms with Crippen LogP contribution in [0.2, 0.25) is 0 Å². The van der Waals surface area contributed by atoms with Gasteiger partial charge in [0.05, 0.1) is 17.8 Å². The summed E-state index contributed by atoms with van der Waals surface area (Å²) in [4.78, 5) is 32.0. The third kappa shape index (κ3) is 3.46. The summed E-state index contributed by atoms with van der Waals surface area (Å²) in [5.74, 6) is -0.798. The van der Waals surface area contributed by atoms with Crippen LogP contribution in [0.3, 0.4) is 0 Å². The van der Waals surface area contributed by atoms with Crippen LogP contribution in [0.4, 0.5) is 5.13 Å². The second kappa shape index (κ2) is 6.93. The van der Waals surface area contributed by atoms with Gasteiger partial charge in [-0.2, -0.15) is 0 Å². The van der Waals surface area contributed by atoms with Crippen molar-refractivity contribution in [2.24, 2.45) is 12.8 Å². The van der Waals surface area contributed by atoms with Gasteiger partial charge in [-0.05, 0) is 12.1 Å². The van der Waals surface area contributed by atoms with E-state index < -0.39 is 5.91 Å². The summed E-state index contributed by atoms with van der Waals surface area (Å²) in [5, 5.41) is 8.44. The first-order chi connectivity index (χ1) is 13.0. The van der Waals surface area contributed by atoms with Crippen molar-refractivity contribution < 1.29 is 9.59 Å². The normalized spacial score (nSPS) is 11.0. The monoisotopic (exact) mass is 397 g/mol. The Balaban J connectivity index is 1.54.